The number of rotatable bonds is 1. The topological polar surface area (TPSA) is 38.9 Å². The summed E-state index contributed by atoms with van der Waals surface area (Å²) in [6, 6.07) is -0.155. The predicted molar refractivity (Wildman–Crippen MR) is 54.1 cm³/mol. The van der Waals surface area contributed by atoms with Crippen LogP contribution in [0.4, 0.5) is 0 Å². The van der Waals surface area contributed by atoms with Gasteiger partial charge in [0.1, 0.15) is 0 Å². The smallest absolute Gasteiger partial charge is 0.0651 e. The van der Waals surface area contributed by atoms with Gasteiger partial charge in [-0.2, -0.15) is 0 Å². The van der Waals surface area contributed by atoms with Gasteiger partial charge in [0.15, 0.2) is 0 Å². The Morgan fingerprint density at radius 3 is 2.00 bits per heavy atom. The number of aromatic nitrogens is 1. The van der Waals surface area contributed by atoms with Gasteiger partial charge in [-0.25, -0.2) is 0 Å². The van der Waals surface area contributed by atoms with Gasteiger partial charge in [0.05, 0.1) is 10.0 Å². The number of hydrogen-bond donors (Lipinski definition) is 1. The first kappa shape index (κ1) is 12.0. The molecule has 0 saturated heterocycles. The Bertz CT molecular complexity index is 243. The lowest BCUT2D eigenvalue weighted by atomic mass is 10.1. The van der Waals surface area contributed by atoms with Crippen molar-refractivity contribution in [2.24, 2.45) is 5.73 Å². The second-order valence-electron chi connectivity index (χ2n) is 2.31. The van der Waals surface area contributed by atoms with Crippen LogP contribution in [0.1, 0.15) is 18.5 Å². The minimum Gasteiger partial charge on any atom is -0.324 e. The number of nitrogens with two attached hydrogens (primary N) is 1. The average molecular weight is 228 g/mol. The van der Waals surface area contributed by atoms with Crippen LogP contribution in [0.2, 0.25) is 10.0 Å². The van der Waals surface area contributed by atoms with Gasteiger partial charge in [0.2, 0.25) is 0 Å². The van der Waals surface area contributed by atoms with E-state index in [1.807, 2.05) is 6.92 Å². The van der Waals surface area contributed by atoms with Crippen LogP contribution in [0.5, 0.6) is 0 Å². The molecule has 0 fully saturated rings. The van der Waals surface area contributed by atoms with Crippen LogP contribution in [-0.2, 0) is 0 Å². The Kier molecular flexibility index (Phi) is 4.87. The molecular formula is C7H9Cl3N2. The summed E-state index contributed by atoms with van der Waals surface area (Å²) in [5, 5.41) is 1.04. The van der Waals surface area contributed by atoms with Crippen molar-refractivity contribution in [3.63, 3.8) is 0 Å². The number of halogens is 3. The highest BCUT2D eigenvalue weighted by atomic mass is 35.5. The van der Waals surface area contributed by atoms with Crippen LogP contribution < -0.4 is 5.73 Å². The molecule has 0 unspecified atom stereocenters. The van der Waals surface area contributed by atoms with Crippen LogP contribution in [0.25, 0.3) is 0 Å². The van der Waals surface area contributed by atoms with Gasteiger partial charge in [-0.3, -0.25) is 4.98 Å². The number of nitrogens with zero attached hydrogens (tertiary/aromatic N) is 1. The first-order valence-corrected chi connectivity index (χ1v) is 3.93. The highest BCUT2D eigenvalue weighted by Gasteiger charge is 2.09. The fourth-order valence-electron chi connectivity index (χ4n) is 0.856. The molecule has 1 aromatic heterocycles. The van der Waals surface area contributed by atoms with Gasteiger partial charge in [-0.1, -0.05) is 23.2 Å². The van der Waals surface area contributed by atoms with Crippen molar-refractivity contribution in [2.75, 3.05) is 0 Å². The molecule has 0 bridgehead atoms. The summed E-state index contributed by atoms with van der Waals surface area (Å²) in [5.41, 5.74) is 6.37. The molecule has 1 atom stereocenters. The van der Waals surface area contributed by atoms with Gasteiger partial charge < -0.3 is 5.73 Å². The zero-order chi connectivity index (χ0) is 8.43. The van der Waals surface area contributed by atoms with Crippen molar-refractivity contribution in [1.82, 2.24) is 4.98 Å². The van der Waals surface area contributed by atoms with Crippen molar-refractivity contribution in [3.8, 4) is 0 Å². The molecule has 1 rings (SSSR count). The van der Waals surface area contributed by atoms with Crippen LogP contribution in [0.15, 0.2) is 12.4 Å². The minimum absolute atomic E-state index is 0. The van der Waals surface area contributed by atoms with Gasteiger partial charge in [0.25, 0.3) is 0 Å². The Balaban J connectivity index is 0.00000121. The first-order chi connectivity index (χ1) is 5.13. The maximum absolute atomic E-state index is 5.80. The highest BCUT2D eigenvalue weighted by Crippen LogP contribution is 2.27. The normalized spacial score (nSPS) is 12.0. The largest absolute Gasteiger partial charge is 0.324 e. The summed E-state index contributed by atoms with van der Waals surface area (Å²) in [6.45, 7) is 1.83. The molecule has 0 aliphatic carbocycles. The van der Waals surface area contributed by atoms with Gasteiger partial charge in [-0.15, -0.1) is 12.4 Å². The van der Waals surface area contributed by atoms with Crippen molar-refractivity contribution in [2.45, 2.75) is 13.0 Å². The molecule has 0 aliphatic heterocycles. The lowest BCUT2D eigenvalue weighted by molar-refractivity contribution is 0.816. The second kappa shape index (κ2) is 4.87. The quantitative estimate of drug-likeness (QED) is 0.801. The van der Waals surface area contributed by atoms with Gasteiger partial charge >= 0.3 is 0 Å². The molecule has 68 valence electrons. The van der Waals surface area contributed by atoms with E-state index >= 15 is 0 Å². The third-order valence-electron chi connectivity index (χ3n) is 1.35. The Labute approximate surface area is 87.5 Å². The standard InChI is InChI=1S/C7H8Cl2N2.ClH/c1-4(10)7-5(8)2-11-3-6(7)9;/h2-4H,10H2,1H3;1H/t4-;/m1./s1. The summed E-state index contributed by atoms with van der Waals surface area (Å²) in [5.74, 6) is 0. The van der Waals surface area contributed by atoms with E-state index < -0.39 is 0 Å². The molecule has 12 heavy (non-hydrogen) atoms. The molecule has 0 amide bonds. The third kappa shape index (κ3) is 2.49. The third-order valence-corrected chi connectivity index (χ3v) is 1.95. The molecule has 5 heteroatoms. The lowest BCUT2D eigenvalue weighted by Crippen LogP contribution is -2.06. The van der Waals surface area contributed by atoms with Crippen molar-refractivity contribution in [1.29, 1.82) is 0 Å². The fourth-order valence-corrected chi connectivity index (χ4v) is 1.57. The van der Waals surface area contributed by atoms with Crippen LogP contribution in [-0.4, -0.2) is 4.98 Å². The molecule has 0 aromatic carbocycles. The molecule has 1 heterocycles. The van der Waals surface area contributed by atoms with E-state index in [2.05, 4.69) is 4.98 Å². The molecular weight excluding hydrogens is 218 g/mol. The van der Waals surface area contributed by atoms with Crippen LogP contribution >= 0.6 is 35.6 Å². The summed E-state index contributed by atoms with van der Waals surface area (Å²) in [6.07, 6.45) is 3.07. The summed E-state index contributed by atoms with van der Waals surface area (Å²) < 4.78 is 0. The summed E-state index contributed by atoms with van der Waals surface area (Å²) >= 11 is 11.6. The Morgan fingerprint density at radius 1 is 1.33 bits per heavy atom. The van der Waals surface area contributed by atoms with Crippen molar-refractivity contribution < 1.29 is 0 Å². The van der Waals surface area contributed by atoms with E-state index in [0.717, 1.165) is 5.56 Å². The maximum atomic E-state index is 5.80. The summed E-state index contributed by atoms with van der Waals surface area (Å²) in [7, 11) is 0. The lowest BCUT2D eigenvalue weighted by Gasteiger charge is -2.08. The molecule has 0 spiro atoms. The van der Waals surface area contributed by atoms with E-state index in [4.69, 9.17) is 28.9 Å². The zero-order valence-electron chi connectivity index (χ0n) is 6.42. The Hall–Kier alpha value is -0.0200. The first-order valence-electron chi connectivity index (χ1n) is 3.17. The van der Waals surface area contributed by atoms with Gasteiger partial charge in [0, 0.05) is 24.0 Å². The highest BCUT2D eigenvalue weighted by molar-refractivity contribution is 6.35. The van der Waals surface area contributed by atoms with E-state index in [0.29, 0.717) is 10.0 Å². The van der Waals surface area contributed by atoms with E-state index in [-0.39, 0.29) is 18.4 Å². The Morgan fingerprint density at radius 2 is 1.75 bits per heavy atom. The summed E-state index contributed by atoms with van der Waals surface area (Å²) in [4.78, 5) is 3.81. The minimum atomic E-state index is -0.155. The molecule has 0 aliphatic rings. The predicted octanol–water partition coefficient (Wildman–Crippen LogP) is 2.83. The number of pyridine rings is 1. The van der Waals surface area contributed by atoms with Crippen molar-refractivity contribution in [3.05, 3.63) is 28.0 Å². The van der Waals surface area contributed by atoms with Crippen LogP contribution in [0, 0.1) is 0 Å². The van der Waals surface area contributed by atoms with Crippen LogP contribution in [0.3, 0.4) is 0 Å². The average Bonchev–Trinajstić information content (AvgIpc) is 1.85. The van der Waals surface area contributed by atoms with Crippen molar-refractivity contribution >= 4 is 35.6 Å². The molecule has 0 radical (unpaired) electrons. The van der Waals surface area contributed by atoms with E-state index in [9.17, 15) is 0 Å². The molecule has 0 saturated carbocycles. The fraction of sp³-hybridized carbons (Fsp3) is 0.286. The second-order valence-corrected chi connectivity index (χ2v) is 3.12. The maximum Gasteiger partial charge on any atom is 0.0651 e. The number of hydrogen-bond acceptors (Lipinski definition) is 2. The molecule has 2 N–H and O–H groups in total. The van der Waals surface area contributed by atoms with Gasteiger partial charge in [-0.05, 0) is 6.92 Å². The zero-order valence-corrected chi connectivity index (χ0v) is 8.75. The van der Waals surface area contributed by atoms with E-state index in [1.165, 1.54) is 12.4 Å². The SMILES string of the molecule is C[C@@H](N)c1c(Cl)cncc1Cl.Cl. The molecule has 2 nitrogen and oxygen atoms in total. The molecule has 1 aromatic rings. The van der Waals surface area contributed by atoms with E-state index in [1.54, 1.807) is 0 Å². The monoisotopic (exact) mass is 226 g/mol.